The maximum Gasteiger partial charge on any atom is 0.244 e. The molecule has 0 saturated heterocycles. The Hall–Kier alpha value is -1.35. The van der Waals surface area contributed by atoms with Crippen molar-refractivity contribution in [3.63, 3.8) is 0 Å². The largest absolute Gasteiger partial charge is 0.497 e. The van der Waals surface area contributed by atoms with Gasteiger partial charge in [0.15, 0.2) is 0 Å². The van der Waals surface area contributed by atoms with Gasteiger partial charge in [0.1, 0.15) is 16.4 Å². The number of nitrogens with one attached hydrogen (secondary N) is 1. The van der Waals surface area contributed by atoms with Crippen LogP contribution in [-0.2, 0) is 10.0 Å². The number of hydrogen-bond donors (Lipinski definition) is 3. The van der Waals surface area contributed by atoms with Gasteiger partial charge in [-0.3, -0.25) is 0 Å². The Morgan fingerprint density at radius 2 is 1.95 bits per heavy atom. The van der Waals surface area contributed by atoms with Gasteiger partial charge in [0, 0.05) is 12.6 Å². The van der Waals surface area contributed by atoms with E-state index < -0.39 is 22.2 Å². The molecule has 20 heavy (non-hydrogen) atoms. The number of aliphatic hydroxyl groups is 2. The zero-order valence-corrected chi connectivity index (χ0v) is 12.4. The summed E-state index contributed by atoms with van der Waals surface area (Å²) in [4.78, 5) is -0.0745. The van der Waals surface area contributed by atoms with Crippen LogP contribution in [0, 0.1) is 0 Å². The summed E-state index contributed by atoms with van der Waals surface area (Å²) in [5.74, 6) is 0.587. The van der Waals surface area contributed by atoms with Crippen LogP contribution in [0.5, 0.6) is 11.5 Å². The highest BCUT2D eigenvalue weighted by molar-refractivity contribution is 7.89. The zero-order valence-electron chi connectivity index (χ0n) is 11.6. The zero-order chi connectivity index (χ0) is 15.4. The lowest BCUT2D eigenvalue weighted by Crippen LogP contribution is -2.43. The Morgan fingerprint density at radius 3 is 2.45 bits per heavy atom. The van der Waals surface area contributed by atoms with Crippen molar-refractivity contribution in [2.24, 2.45) is 0 Å². The molecule has 1 atom stereocenters. The van der Waals surface area contributed by atoms with Crippen molar-refractivity contribution in [1.29, 1.82) is 0 Å². The molecule has 0 spiro atoms. The minimum absolute atomic E-state index is 0.0745. The second-order valence-electron chi connectivity index (χ2n) is 4.50. The van der Waals surface area contributed by atoms with E-state index in [-0.39, 0.29) is 17.2 Å². The molecule has 0 bridgehead atoms. The summed E-state index contributed by atoms with van der Waals surface area (Å²) in [6.07, 6.45) is 0. The molecule has 0 saturated carbocycles. The van der Waals surface area contributed by atoms with Crippen molar-refractivity contribution in [1.82, 2.24) is 4.72 Å². The summed E-state index contributed by atoms with van der Waals surface area (Å²) in [7, 11) is -1.07. The average Bonchev–Trinajstić information content (AvgIpc) is 2.44. The number of rotatable bonds is 7. The van der Waals surface area contributed by atoms with E-state index >= 15 is 0 Å². The van der Waals surface area contributed by atoms with Crippen LogP contribution in [-0.4, -0.2) is 51.6 Å². The predicted molar refractivity (Wildman–Crippen MR) is 72.4 cm³/mol. The summed E-state index contributed by atoms with van der Waals surface area (Å²) in [6, 6.07) is 4.27. The fraction of sp³-hybridized carbons (Fsp3) is 0.500. The summed E-state index contributed by atoms with van der Waals surface area (Å²) in [5.41, 5.74) is -1.53. The Morgan fingerprint density at radius 1 is 1.30 bits per heavy atom. The van der Waals surface area contributed by atoms with E-state index in [1.54, 1.807) is 0 Å². The first-order valence-electron chi connectivity index (χ1n) is 5.80. The van der Waals surface area contributed by atoms with Gasteiger partial charge in [-0.1, -0.05) is 0 Å². The fourth-order valence-corrected chi connectivity index (χ4v) is 2.69. The third-order valence-corrected chi connectivity index (χ3v) is 4.08. The maximum atomic E-state index is 12.1. The number of hydrogen-bond acceptors (Lipinski definition) is 6. The lowest BCUT2D eigenvalue weighted by atomic mass is 10.1. The molecule has 0 radical (unpaired) electrons. The monoisotopic (exact) mass is 305 g/mol. The highest BCUT2D eigenvalue weighted by Gasteiger charge is 2.25. The van der Waals surface area contributed by atoms with E-state index in [1.807, 2.05) is 0 Å². The van der Waals surface area contributed by atoms with Crippen molar-refractivity contribution in [3.05, 3.63) is 18.2 Å². The number of benzene rings is 1. The Labute approximate surface area is 118 Å². The Balaban J connectivity index is 3.03. The molecular formula is C12H19NO6S. The van der Waals surface area contributed by atoms with Crippen molar-refractivity contribution >= 4 is 10.0 Å². The molecule has 0 aliphatic heterocycles. The van der Waals surface area contributed by atoms with Gasteiger partial charge in [-0.05, 0) is 19.1 Å². The van der Waals surface area contributed by atoms with Crippen LogP contribution in [0.1, 0.15) is 6.92 Å². The van der Waals surface area contributed by atoms with Crippen molar-refractivity contribution < 1.29 is 28.1 Å². The standard InChI is InChI=1S/C12H19NO6S/c1-12(15,8-14)7-13-20(16,17)11-5-4-9(18-2)6-10(11)19-3/h4-6,13-15H,7-8H2,1-3H3. The Kier molecular flexibility index (Phi) is 5.35. The van der Waals surface area contributed by atoms with Crippen LogP contribution in [0.4, 0.5) is 0 Å². The Bertz CT molecular complexity index is 555. The summed E-state index contributed by atoms with van der Waals surface area (Å²) in [5, 5.41) is 18.5. The second kappa shape index (κ2) is 6.40. The second-order valence-corrected chi connectivity index (χ2v) is 6.23. The van der Waals surface area contributed by atoms with Gasteiger partial charge >= 0.3 is 0 Å². The molecule has 1 rings (SSSR count). The smallest absolute Gasteiger partial charge is 0.244 e. The number of aliphatic hydroxyl groups excluding tert-OH is 1. The van der Waals surface area contributed by atoms with Gasteiger partial charge in [-0.2, -0.15) is 0 Å². The molecule has 0 aliphatic carbocycles. The van der Waals surface area contributed by atoms with E-state index in [4.69, 9.17) is 14.6 Å². The summed E-state index contributed by atoms with van der Waals surface area (Å²) >= 11 is 0. The first-order chi connectivity index (χ1) is 9.25. The maximum absolute atomic E-state index is 12.1. The van der Waals surface area contributed by atoms with Crippen LogP contribution < -0.4 is 14.2 Å². The lowest BCUT2D eigenvalue weighted by molar-refractivity contribution is 0.00680. The first kappa shape index (κ1) is 16.7. The van der Waals surface area contributed by atoms with Gasteiger partial charge in [0.2, 0.25) is 10.0 Å². The van der Waals surface area contributed by atoms with Crippen molar-refractivity contribution in [2.75, 3.05) is 27.4 Å². The fourth-order valence-electron chi connectivity index (χ4n) is 1.38. The molecule has 0 aromatic heterocycles. The number of sulfonamides is 1. The molecule has 1 aromatic rings. The van der Waals surface area contributed by atoms with E-state index in [0.717, 1.165) is 0 Å². The molecule has 114 valence electrons. The number of ether oxygens (including phenoxy) is 2. The summed E-state index contributed by atoms with van der Waals surface area (Å²) < 4.78 is 36.5. The third-order valence-electron chi connectivity index (χ3n) is 2.64. The molecule has 1 aromatic carbocycles. The highest BCUT2D eigenvalue weighted by atomic mass is 32.2. The van der Waals surface area contributed by atoms with Gasteiger partial charge < -0.3 is 19.7 Å². The molecule has 8 heteroatoms. The molecule has 7 nitrogen and oxygen atoms in total. The minimum Gasteiger partial charge on any atom is -0.497 e. The highest BCUT2D eigenvalue weighted by Crippen LogP contribution is 2.28. The summed E-state index contributed by atoms with van der Waals surface area (Å²) in [6.45, 7) is 0.442. The molecule has 0 aliphatic rings. The average molecular weight is 305 g/mol. The van der Waals surface area contributed by atoms with E-state index in [2.05, 4.69) is 4.72 Å². The third kappa shape index (κ3) is 4.07. The topological polar surface area (TPSA) is 105 Å². The normalized spacial score (nSPS) is 14.7. The van der Waals surface area contributed by atoms with Gasteiger partial charge in [-0.15, -0.1) is 0 Å². The predicted octanol–water partition coefficient (Wildman–Crippen LogP) is -0.275. The van der Waals surface area contributed by atoms with Crippen LogP contribution >= 0.6 is 0 Å². The van der Waals surface area contributed by atoms with E-state index in [1.165, 1.54) is 39.3 Å². The van der Waals surface area contributed by atoms with E-state index in [9.17, 15) is 13.5 Å². The quantitative estimate of drug-likeness (QED) is 0.640. The first-order valence-corrected chi connectivity index (χ1v) is 7.29. The molecule has 0 amide bonds. The number of methoxy groups -OCH3 is 2. The van der Waals surface area contributed by atoms with Crippen LogP contribution in [0.15, 0.2) is 23.1 Å². The van der Waals surface area contributed by atoms with E-state index in [0.29, 0.717) is 5.75 Å². The molecule has 1 unspecified atom stereocenters. The lowest BCUT2D eigenvalue weighted by Gasteiger charge is -2.21. The van der Waals surface area contributed by atoms with Gasteiger partial charge in [0.25, 0.3) is 0 Å². The van der Waals surface area contributed by atoms with Crippen molar-refractivity contribution in [3.8, 4) is 11.5 Å². The minimum atomic E-state index is -3.87. The van der Waals surface area contributed by atoms with Crippen LogP contribution in [0.3, 0.4) is 0 Å². The molecule has 3 N–H and O–H groups in total. The molecule has 0 heterocycles. The van der Waals surface area contributed by atoms with Gasteiger partial charge in [-0.25, -0.2) is 13.1 Å². The van der Waals surface area contributed by atoms with Crippen molar-refractivity contribution in [2.45, 2.75) is 17.4 Å². The SMILES string of the molecule is COc1ccc(S(=O)(=O)NCC(C)(O)CO)c(OC)c1. The van der Waals surface area contributed by atoms with Gasteiger partial charge in [0.05, 0.1) is 26.4 Å². The van der Waals surface area contributed by atoms with Crippen LogP contribution in [0.25, 0.3) is 0 Å². The molecule has 0 fully saturated rings. The van der Waals surface area contributed by atoms with Crippen LogP contribution in [0.2, 0.25) is 0 Å². The molecular weight excluding hydrogens is 286 g/mol.